The van der Waals surface area contributed by atoms with Gasteiger partial charge in [0.25, 0.3) is 0 Å². The number of carbonyl (C=O) groups excluding carboxylic acids is 1. The van der Waals surface area contributed by atoms with Crippen LogP contribution in [-0.4, -0.2) is 11.9 Å². The molecule has 2 nitrogen and oxygen atoms in total. The summed E-state index contributed by atoms with van der Waals surface area (Å²) in [5.41, 5.74) is 0. The molecule has 1 rings (SSSR count). The summed E-state index contributed by atoms with van der Waals surface area (Å²) in [6.45, 7) is 8.96. The Morgan fingerprint density at radius 1 is 1.12 bits per heavy atom. The summed E-state index contributed by atoms with van der Waals surface area (Å²) in [5.74, 6) is 2.55. The Bertz CT molecular complexity index is 227. The van der Waals surface area contributed by atoms with E-state index < -0.39 is 0 Å². The van der Waals surface area contributed by atoms with Gasteiger partial charge in [0.2, 0.25) is 5.91 Å². The first-order valence-electron chi connectivity index (χ1n) is 7.28. The van der Waals surface area contributed by atoms with Crippen LogP contribution in [0.3, 0.4) is 0 Å². The average molecular weight is 239 g/mol. The fourth-order valence-electron chi connectivity index (χ4n) is 2.65. The molecule has 0 saturated heterocycles. The van der Waals surface area contributed by atoms with Gasteiger partial charge in [0.15, 0.2) is 0 Å². The van der Waals surface area contributed by atoms with E-state index in [-0.39, 0.29) is 5.91 Å². The molecule has 1 aliphatic carbocycles. The lowest BCUT2D eigenvalue weighted by atomic mass is 9.79. The summed E-state index contributed by atoms with van der Waals surface area (Å²) in [5, 5.41) is 3.19. The van der Waals surface area contributed by atoms with Gasteiger partial charge in [-0.05, 0) is 49.9 Å². The molecule has 0 bridgehead atoms. The van der Waals surface area contributed by atoms with Gasteiger partial charge in [0, 0.05) is 12.5 Å². The molecule has 1 N–H and O–H groups in total. The summed E-state index contributed by atoms with van der Waals surface area (Å²) in [6, 6.07) is 0.449. The molecule has 0 aromatic heterocycles. The van der Waals surface area contributed by atoms with Crippen LogP contribution in [-0.2, 0) is 4.79 Å². The number of hydrogen-bond acceptors (Lipinski definition) is 1. The van der Waals surface area contributed by atoms with Crippen LogP contribution in [0.25, 0.3) is 0 Å². The Balaban J connectivity index is 2.19. The minimum absolute atomic E-state index is 0.256. The fourth-order valence-corrected chi connectivity index (χ4v) is 2.65. The molecule has 1 fully saturated rings. The number of amides is 1. The quantitative estimate of drug-likeness (QED) is 0.777. The third-order valence-electron chi connectivity index (χ3n) is 4.03. The van der Waals surface area contributed by atoms with Gasteiger partial charge in [0.05, 0.1) is 0 Å². The highest BCUT2D eigenvalue weighted by Crippen LogP contribution is 2.29. The van der Waals surface area contributed by atoms with Crippen molar-refractivity contribution >= 4 is 5.91 Å². The van der Waals surface area contributed by atoms with E-state index in [0.29, 0.717) is 18.4 Å². The number of nitrogens with one attached hydrogen (secondary N) is 1. The van der Waals surface area contributed by atoms with E-state index in [0.717, 1.165) is 18.3 Å². The van der Waals surface area contributed by atoms with Crippen molar-refractivity contribution in [3.8, 4) is 0 Å². The van der Waals surface area contributed by atoms with Crippen LogP contribution in [0.5, 0.6) is 0 Å². The predicted octanol–water partition coefficient (Wildman–Crippen LogP) is 3.75. The maximum atomic E-state index is 11.7. The van der Waals surface area contributed by atoms with Crippen LogP contribution in [0.2, 0.25) is 0 Å². The summed E-state index contributed by atoms with van der Waals surface area (Å²) in [7, 11) is 0. The first kappa shape index (κ1) is 14.5. The molecule has 0 unspecified atom stereocenters. The Labute approximate surface area is 107 Å². The summed E-state index contributed by atoms with van der Waals surface area (Å²) < 4.78 is 0. The van der Waals surface area contributed by atoms with E-state index in [1.165, 1.54) is 25.7 Å². The van der Waals surface area contributed by atoms with Crippen LogP contribution in [0.4, 0.5) is 0 Å². The van der Waals surface area contributed by atoms with E-state index in [1.807, 2.05) is 0 Å². The van der Waals surface area contributed by atoms with E-state index in [4.69, 9.17) is 0 Å². The molecule has 0 radical (unpaired) electrons. The standard InChI is InChI=1S/C15H29NO/c1-11(2)5-10-15(17)16-14-8-6-13(7-9-14)12(3)4/h11-14H,5-10H2,1-4H3,(H,16,17). The van der Waals surface area contributed by atoms with Gasteiger partial charge in [-0.15, -0.1) is 0 Å². The van der Waals surface area contributed by atoms with Gasteiger partial charge in [-0.1, -0.05) is 27.7 Å². The van der Waals surface area contributed by atoms with E-state index in [9.17, 15) is 4.79 Å². The molecule has 100 valence electrons. The van der Waals surface area contributed by atoms with Crippen molar-refractivity contribution in [2.24, 2.45) is 17.8 Å². The monoisotopic (exact) mass is 239 g/mol. The van der Waals surface area contributed by atoms with E-state index in [2.05, 4.69) is 33.0 Å². The van der Waals surface area contributed by atoms with Crippen molar-refractivity contribution in [1.29, 1.82) is 0 Å². The van der Waals surface area contributed by atoms with Gasteiger partial charge in [-0.25, -0.2) is 0 Å². The molecule has 0 spiro atoms. The molecular weight excluding hydrogens is 210 g/mol. The van der Waals surface area contributed by atoms with Gasteiger partial charge in [-0.2, -0.15) is 0 Å². The average Bonchev–Trinajstić information content (AvgIpc) is 2.27. The molecule has 1 amide bonds. The van der Waals surface area contributed by atoms with Crippen molar-refractivity contribution in [3.05, 3.63) is 0 Å². The summed E-state index contributed by atoms with van der Waals surface area (Å²) in [4.78, 5) is 11.7. The zero-order chi connectivity index (χ0) is 12.8. The predicted molar refractivity (Wildman–Crippen MR) is 72.8 cm³/mol. The molecule has 0 heterocycles. The van der Waals surface area contributed by atoms with E-state index in [1.54, 1.807) is 0 Å². The first-order valence-corrected chi connectivity index (χ1v) is 7.28. The van der Waals surface area contributed by atoms with Crippen LogP contribution < -0.4 is 5.32 Å². The summed E-state index contributed by atoms with van der Waals surface area (Å²) in [6.07, 6.45) is 6.63. The smallest absolute Gasteiger partial charge is 0.220 e. The minimum Gasteiger partial charge on any atom is -0.353 e. The van der Waals surface area contributed by atoms with Crippen molar-refractivity contribution in [1.82, 2.24) is 5.32 Å². The number of rotatable bonds is 5. The van der Waals surface area contributed by atoms with Crippen molar-refractivity contribution in [3.63, 3.8) is 0 Å². The second-order valence-electron chi connectivity index (χ2n) is 6.36. The van der Waals surface area contributed by atoms with Crippen LogP contribution in [0.1, 0.15) is 66.2 Å². The Hall–Kier alpha value is -0.530. The van der Waals surface area contributed by atoms with Crippen molar-refractivity contribution < 1.29 is 4.79 Å². The van der Waals surface area contributed by atoms with Crippen LogP contribution in [0, 0.1) is 17.8 Å². The third-order valence-corrected chi connectivity index (χ3v) is 4.03. The van der Waals surface area contributed by atoms with Crippen molar-refractivity contribution in [2.45, 2.75) is 72.3 Å². The Morgan fingerprint density at radius 3 is 2.18 bits per heavy atom. The normalized spacial score (nSPS) is 25.3. The molecule has 17 heavy (non-hydrogen) atoms. The van der Waals surface area contributed by atoms with Gasteiger partial charge >= 0.3 is 0 Å². The Morgan fingerprint density at radius 2 is 1.71 bits per heavy atom. The second-order valence-corrected chi connectivity index (χ2v) is 6.36. The van der Waals surface area contributed by atoms with Gasteiger partial charge in [-0.3, -0.25) is 4.79 Å². The minimum atomic E-state index is 0.256. The number of carbonyl (C=O) groups is 1. The molecule has 1 aliphatic rings. The fraction of sp³-hybridized carbons (Fsp3) is 0.933. The highest BCUT2D eigenvalue weighted by atomic mass is 16.1. The highest BCUT2D eigenvalue weighted by Gasteiger charge is 2.23. The summed E-state index contributed by atoms with van der Waals surface area (Å²) >= 11 is 0. The molecule has 1 saturated carbocycles. The second kappa shape index (κ2) is 7.03. The lowest BCUT2D eigenvalue weighted by molar-refractivity contribution is -0.122. The lowest BCUT2D eigenvalue weighted by Gasteiger charge is -2.31. The molecule has 0 aromatic rings. The number of hydrogen-bond donors (Lipinski definition) is 1. The third kappa shape index (κ3) is 5.56. The van der Waals surface area contributed by atoms with Crippen LogP contribution >= 0.6 is 0 Å². The maximum absolute atomic E-state index is 11.7. The van der Waals surface area contributed by atoms with Crippen molar-refractivity contribution in [2.75, 3.05) is 0 Å². The van der Waals surface area contributed by atoms with Gasteiger partial charge < -0.3 is 5.32 Å². The maximum Gasteiger partial charge on any atom is 0.220 e. The SMILES string of the molecule is CC(C)CCC(=O)NC1CCC(C(C)C)CC1. The molecule has 0 atom stereocenters. The molecular formula is C15H29NO. The largest absolute Gasteiger partial charge is 0.353 e. The topological polar surface area (TPSA) is 29.1 Å². The molecule has 0 aliphatic heterocycles. The molecule has 0 aromatic carbocycles. The first-order chi connectivity index (χ1) is 7.99. The Kier molecular flexibility index (Phi) is 6.01. The highest BCUT2D eigenvalue weighted by molar-refractivity contribution is 5.76. The molecule has 2 heteroatoms. The zero-order valence-electron chi connectivity index (χ0n) is 12.0. The lowest BCUT2D eigenvalue weighted by Crippen LogP contribution is -2.38. The zero-order valence-corrected chi connectivity index (χ0v) is 12.0. The van der Waals surface area contributed by atoms with Crippen LogP contribution in [0.15, 0.2) is 0 Å². The van der Waals surface area contributed by atoms with E-state index >= 15 is 0 Å². The van der Waals surface area contributed by atoms with Gasteiger partial charge in [0.1, 0.15) is 0 Å².